The average Bonchev–Trinajstić information content (AvgIpc) is 2.46. The second kappa shape index (κ2) is 9.98. The van der Waals surface area contributed by atoms with E-state index in [1.165, 1.54) is 25.7 Å². The number of rotatable bonds is 9. The molecule has 2 nitrogen and oxygen atoms in total. The molecule has 0 spiro atoms. The molecular formula is C17H25BrO2. The van der Waals surface area contributed by atoms with Crippen LogP contribution in [0.15, 0.2) is 24.3 Å². The summed E-state index contributed by atoms with van der Waals surface area (Å²) in [4.78, 5) is 11.6. The fourth-order valence-electron chi connectivity index (χ4n) is 2.13. The quantitative estimate of drug-likeness (QED) is 0.344. The van der Waals surface area contributed by atoms with Crippen molar-refractivity contribution >= 4 is 21.9 Å². The van der Waals surface area contributed by atoms with E-state index in [0.29, 0.717) is 6.61 Å². The van der Waals surface area contributed by atoms with Crippen molar-refractivity contribution in [3.05, 3.63) is 35.4 Å². The van der Waals surface area contributed by atoms with E-state index in [9.17, 15) is 4.79 Å². The predicted molar refractivity (Wildman–Crippen MR) is 87.2 cm³/mol. The largest absolute Gasteiger partial charge is 0.465 e. The lowest BCUT2D eigenvalue weighted by molar-refractivity contribution is -0.143. The number of carbonyl (C=O) groups is 1. The molecule has 0 heterocycles. The summed E-state index contributed by atoms with van der Waals surface area (Å²) in [6, 6.07) is 7.88. The van der Waals surface area contributed by atoms with Crippen LogP contribution >= 0.6 is 15.9 Å². The van der Waals surface area contributed by atoms with Gasteiger partial charge in [-0.2, -0.15) is 0 Å². The van der Waals surface area contributed by atoms with Crippen LogP contribution in [0, 0.1) is 6.92 Å². The van der Waals surface area contributed by atoms with E-state index < -0.39 is 0 Å². The van der Waals surface area contributed by atoms with Gasteiger partial charge < -0.3 is 4.74 Å². The summed E-state index contributed by atoms with van der Waals surface area (Å²) in [6.07, 6.45) is 7.19. The van der Waals surface area contributed by atoms with Gasteiger partial charge >= 0.3 is 5.97 Å². The number of carbonyl (C=O) groups excluding carboxylic acids is 1. The lowest BCUT2D eigenvalue weighted by Gasteiger charge is -2.12. The Morgan fingerprint density at radius 1 is 1.15 bits per heavy atom. The Hall–Kier alpha value is -0.830. The van der Waals surface area contributed by atoms with Crippen LogP contribution in [0.3, 0.4) is 0 Å². The lowest BCUT2D eigenvalue weighted by atomic mass is 10.1. The molecule has 3 heteroatoms. The molecular weight excluding hydrogens is 316 g/mol. The van der Waals surface area contributed by atoms with Gasteiger partial charge in [0.05, 0.1) is 6.61 Å². The topological polar surface area (TPSA) is 26.3 Å². The first-order valence-electron chi connectivity index (χ1n) is 7.53. The molecule has 1 aromatic carbocycles. The number of halogens is 1. The van der Waals surface area contributed by atoms with Gasteiger partial charge in [-0.3, -0.25) is 4.79 Å². The van der Waals surface area contributed by atoms with Crippen molar-refractivity contribution < 1.29 is 9.53 Å². The second-order valence-corrected chi connectivity index (χ2v) is 6.07. The van der Waals surface area contributed by atoms with E-state index in [0.717, 1.165) is 24.0 Å². The Balaban J connectivity index is 2.24. The highest BCUT2D eigenvalue weighted by Crippen LogP contribution is 2.26. The van der Waals surface area contributed by atoms with Crippen molar-refractivity contribution in [2.45, 2.75) is 57.2 Å². The zero-order chi connectivity index (χ0) is 14.8. The Labute approximate surface area is 131 Å². The third-order valence-electron chi connectivity index (χ3n) is 3.41. The van der Waals surface area contributed by atoms with Gasteiger partial charge in [0.25, 0.3) is 0 Å². The Morgan fingerprint density at radius 3 is 2.50 bits per heavy atom. The van der Waals surface area contributed by atoms with Crippen LogP contribution in [0.2, 0.25) is 0 Å². The van der Waals surface area contributed by atoms with Crippen molar-refractivity contribution in [1.29, 1.82) is 0 Å². The summed E-state index contributed by atoms with van der Waals surface area (Å²) in [5, 5.41) is 0. The first kappa shape index (κ1) is 17.2. The molecule has 0 saturated heterocycles. The summed E-state index contributed by atoms with van der Waals surface area (Å²) in [7, 11) is 0. The van der Waals surface area contributed by atoms with E-state index in [1.807, 2.05) is 31.2 Å². The minimum absolute atomic E-state index is 0.187. The highest BCUT2D eigenvalue weighted by Gasteiger charge is 2.19. The third kappa shape index (κ3) is 6.08. The highest BCUT2D eigenvalue weighted by molar-refractivity contribution is 9.09. The van der Waals surface area contributed by atoms with Gasteiger partial charge in [0.1, 0.15) is 4.83 Å². The lowest BCUT2D eigenvalue weighted by Crippen LogP contribution is -2.12. The van der Waals surface area contributed by atoms with Gasteiger partial charge in [0.2, 0.25) is 0 Å². The SMILES string of the molecule is CCCCCCCCOC(=O)[C@H](Br)c1ccccc1C. The van der Waals surface area contributed by atoms with Crippen LogP contribution in [0.4, 0.5) is 0 Å². The monoisotopic (exact) mass is 340 g/mol. The van der Waals surface area contributed by atoms with Crippen molar-refractivity contribution in [2.75, 3.05) is 6.61 Å². The van der Waals surface area contributed by atoms with Crippen LogP contribution in [-0.2, 0) is 9.53 Å². The minimum atomic E-state index is -0.358. The fraction of sp³-hybridized carbons (Fsp3) is 0.588. The van der Waals surface area contributed by atoms with Crippen molar-refractivity contribution in [2.24, 2.45) is 0 Å². The molecule has 0 aliphatic heterocycles. The highest BCUT2D eigenvalue weighted by atomic mass is 79.9. The van der Waals surface area contributed by atoms with Crippen LogP contribution in [-0.4, -0.2) is 12.6 Å². The molecule has 0 bridgehead atoms. The molecule has 0 aliphatic rings. The van der Waals surface area contributed by atoms with Crippen LogP contribution < -0.4 is 0 Å². The molecule has 0 aliphatic carbocycles. The van der Waals surface area contributed by atoms with Crippen LogP contribution in [0.1, 0.15) is 61.4 Å². The van der Waals surface area contributed by atoms with E-state index in [4.69, 9.17) is 4.74 Å². The van der Waals surface area contributed by atoms with Gasteiger partial charge in [-0.15, -0.1) is 0 Å². The standard InChI is InChI=1S/C17H25BrO2/c1-3-4-5-6-7-10-13-20-17(19)16(18)15-12-9-8-11-14(15)2/h8-9,11-12,16H,3-7,10,13H2,1-2H3/t16-/m1/s1. The molecule has 0 fully saturated rings. The van der Waals surface area contributed by atoms with Gasteiger partial charge in [0, 0.05) is 0 Å². The maximum atomic E-state index is 12.0. The number of hydrogen-bond donors (Lipinski definition) is 0. The minimum Gasteiger partial charge on any atom is -0.465 e. The molecule has 0 radical (unpaired) electrons. The molecule has 0 amide bonds. The molecule has 0 N–H and O–H groups in total. The predicted octanol–water partition coefficient (Wildman–Crippen LogP) is 5.33. The summed E-state index contributed by atoms with van der Waals surface area (Å²) < 4.78 is 5.33. The fourth-order valence-corrected chi connectivity index (χ4v) is 2.77. The van der Waals surface area contributed by atoms with Crippen molar-refractivity contribution in [3.63, 3.8) is 0 Å². The summed E-state index contributed by atoms with van der Waals surface area (Å²) in [5.41, 5.74) is 2.09. The van der Waals surface area contributed by atoms with Crippen molar-refractivity contribution in [3.8, 4) is 0 Å². The van der Waals surface area contributed by atoms with Crippen LogP contribution in [0.5, 0.6) is 0 Å². The molecule has 0 saturated carbocycles. The van der Waals surface area contributed by atoms with E-state index >= 15 is 0 Å². The number of ether oxygens (including phenoxy) is 1. The molecule has 0 aromatic heterocycles. The molecule has 1 aromatic rings. The summed E-state index contributed by atoms with van der Waals surface area (Å²) in [6.45, 7) is 4.74. The smallest absolute Gasteiger partial charge is 0.324 e. The van der Waals surface area contributed by atoms with Gasteiger partial charge in [0.15, 0.2) is 0 Å². The van der Waals surface area contributed by atoms with E-state index in [-0.39, 0.29) is 10.8 Å². The number of esters is 1. The molecule has 1 atom stereocenters. The maximum absolute atomic E-state index is 12.0. The van der Waals surface area contributed by atoms with Gasteiger partial charge in [-0.25, -0.2) is 0 Å². The Morgan fingerprint density at radius 2 is 1.80 bits per heavy atom. The first-order chi connectivity index (χ1) is 9.66. The number of hydrogen-bond acceptors (Lipinski definition) is 2. The third-order valence-corrected chi connectivity index (χ3v) is 4.28. The summed E-state index contributed by atoms with van der Waals surface area (Å²) in [5.74, 6) is -0.187. The number of aryl methyl sites for hydroxylation is 1. The number of alkyl halides is 1. The van der Waals surface area contributed by atoms with Crippen LogP contribution in [0.25, 0.3) is 0 Å². The Bertz CT molecular complexity index is 404. The zero-order valence-corrected chi connectivity index (χ0v) is 14.1. The summed E-state index contributed by atoms with van der Waals surface area (Å²) >= 11 is 3.43. The Kier molecular flexibility index (Phi) is 8.59. The first-order valence-corrected chi connectivity index (χ1v) is 8.44. The molecule has 112 valence electrons. The number of benzene rings is 1. The molecule has 1 rings (SSSR count). The number of unbranched alkanes of at least 4 members (excludes halogenated alkanes) is 5. The van der Waals surface area contributed by atoms with Gasteiger partial charge in [-0.05, 0) is 24.5 Å². The molecule has 20 heavy (non-hydrogen) atoms. The van der Waals surface area contributed by atoms with Gasteiger partial charge in [-0.1, -0.05) is 79.2 Å². The zero-order valence-electron chi connectivity index (χ0n) is 12.5. The maximum Gasteiger partial charge on any atom is 0.324 e. The van der Waals surface area contributed by atoms with Crippen molar-refractivity contribution in [1.82, 2.24) is 0 Å². The normalized spacial score (nSPS) is 12.2. The van der Waals surface area contributed by atoms with E-state index in [1.54, 1.807) is 0 Å². The molecule has 0 unspecified atom stereocenters. The second-order valence-electron chi connectivity index (χ2n) is 5.15. The average molecular weight is 341 g/mol. The van der Waals surface area contributed by atoms with E-state index in [2.05, 4.69) is 22.9 Å².